The van der Waals surface area contributed by atoms with E-state index in [0.29, 0.717) is 23.0 Å². The SMILES string of the molecule is COc1ccccc1C(=O)Nc1cnc(N2CCN3CCC2CC3)nc1. The molecule has 0 aliphatic carbocycles. The first-order valence-corrected chi connectivity index (χ1v) is 9.00. The highest BCUT2D eigenvalue weighted by Crippen LogP contribution is 2.25. The Morgan fingerprint density at radius 3 is 2.58 bits per heavy atom. The van der Waals surface area contributed by atoms with E-state index in [2.05, 4.69) is 25.1 Å². The summed E-state index contributed by atoms with van der Waals surface area (Å²) in [6, 6.07) is 7.65. The number of carbonyl (C=O) groups is 1. The maximum absolute atomic E-state index is 12.5. The molecule has 1 aromatic heterocycles. The van der Waals surface area contributed by atoms with E-state index in [-0.39, 0.29) is 5.91 Å². The fraction of sp³-hybridized carbons (Fsp3) is 0.421. The fourth-order valence-corrected chi connectivity index (χ4v) is 3.71. The number of piperidine rings is 1. The number of hydrogen-bond donors (Lipinski definition) is 1. The van der Waals surface area contributed by atoms with Gasteiger partial charge in [0.15, 0.2) is 0 Å². The minimum atomic E-state index is -0.236. The second-order valence-corrected chi connectivity index (χ2v) is 6.69. The molecule has 1 amide bonds. The van der Waals surface area contributed by atoms with Gasteiger partial charge in [-0.3, -0.25) is 4.79 Å². The Labute approximate surface area is 153 Å². The third kappa shape index (κ3) is 3.35. The minimum Gasteiger partial charge on any atom is -0.496 e. The number of methoxy groups -OCH3 is 1. The Balaban J connectivity index is 1.47. The van der Waals surface area contributed by atoms with Crippen molar-refractivity contribution in [2.45, 2.75) is 18.9 Å². The van der Waals surface area contributed by atoms with E-state index >= 15 is 0 Å². The molecule has 0 unspecified atom stereocenters. The number of para-hydroxylation sites is 1. The Morgan fingerprint density at radius 1 is 1.12 bits per heavy atom. The normalized spacial score (nSPS) is 22.0. The largest absolute Gasteiger partial charge is 0.496 e. The first kappa shape index (κ1) is 16.8. The molecule has 1 N–H and O–H groups in total. The van der Waals surface area contributed by atoms with E-state index in [4.69, 9.17) is 4.74 Å². The molecule has 7 nitrogen and oxygen atoms in total. The summed E-state index contributed by atoms with van der Waals surface area (Å²) in [5.41, 5.74) is 1.06. The molecule has 5 rings (SSSR count). The van der Waals surface area contributed by atoms with E-state index in [1.807, 2.05) is 6.07 Å². The number of carbonyl (C=O) groups excluding carboxylic acids is 1. The highest BCUT2D eigenvalue weighted by molar-refractivity contribution is 6.06. The maximum Gasteiger partial charge on any atom is 0.259 e. The fourth-order valence-electron chi connectivity index (χ4n) is 3.71. The third-order valence-electron chi connectivity index (χ3n) is 5.16. The molecule has 2 bridgehead atoms. The van der Waals surface area contributed by atoms with Crippen LogP contribution in [0, 0.1) is 0 Å². The molecular formula is C19H23N5O2. The first-order chi connectivity index (χ1) is 12.7. The molecule has 0 saturated carbocycles. The average molecular weight is 353 g/mol. The summed E-state index contributed by atoms with van der Waals surface area (Å²) in [6.07, 6.45) is 5.67. The summed E-state index contributed by atoms with van der Waals surface area (Å²) in [6.45, 7) is 4.34. The number of benzene rings is 1. The highest BCUT2D eigenvalue weighted by Gasteiger charge is 2.30. The lowest BCUT2D eigenvalue weighted by Crippen LogP contribution is -2.38. The summed E-state index contributed by atoms with van der Waals surface area (Å²) in [5, 5.41) is 2.84. The molecule has 0 spiro atoms. The number of fused-ring (bicyclic) bond motifs is 4. The topological polar surface area (TPSA) is 70.6 Å². The summed E-state index contributed by atoms with van der Waals surface area (Å²) in [5.74, 6) is 1.05. The summed E-state index contributed by atoms with van der Waals surface area (Å²) in [7, 11) is 1.55. The van der Waals surface area contributed by atoms with Crippen molar-refractivity contribution in [1.29, 1.82) is 0 Å². The molecule has 7 heteroatoms. The lowest BCUT2D eigenvalue weighted by Gasteiger charge is -2.31. The monoisotopic (exact) mass is 353 g/mol. The van der Waals surface area contributed by atoms with Gasteiger partial charge in [-0.1, -0.05) is 12.1 Å². The van der Waals surface area contributed by atoms with Crippen LogP contribution in [0.15, 0.2) is 36.7 Å². The third-order valence-corrected chi connectivity index (χ3v) is 5.16. The number of rotatable bonds is 4. The second-order valence-electron chi connectivity index (χ2n) is 6.69. The Morgan fingerprint density at radius 2 is 1.85 bits per heavy atom. The number of nitrogens with one attached hydrogen (secondary N) is 1. The lowest BCUT2D eigenvalue weighted by atomic mass is 10.1. The zero-order valence-corrected chi connectivity index (χ0v) is 14.9. The van der Waals surface area contributed by atoms with Crippen LogP contribution >= 0.6 is 0 Å². The predicted octanol–water partition coefficient (Wildman–Crippen LogP) is 2.02. The number of hydrogen-bond acceptors (Lipinski definition) is 6. The van der Waals surface area contributed by atoms with Crippen LogP contribution in [0.1, 0.15) is 23.2 Å². The molecule has 2 aromatic rings. The molecule has 3 aliphatic heterocycles. The quantitative estimate of drug-likeness (QED) is 0.907. The van der Waals surface area contributed by atoms with Crippen molar-refractivity contribution in [3.05, 3.63) is 42.2 Å². The van der Waals surface area contributed by atoms with Gasteiger partial charge < -0.3 is 19.9 Å². The Hall–Kier alpha value is -2.67. The predicted molar refractivity (Wildman–Crippen MR) is 99.8 cm³/mol. The zero-order chi connectivity index (χ0) is 17.9. The van der Waals surface area contributed by atoms with Crippen LogP contribution in [-0.2, 0) is 0 Å². The van der Waals surface area contributed by atoms with E-state index in [9.17, 15) is 4.79 Å². The highest BCUT2D eigenvalue weighted by atomic mass is 16.5. The lowest BCUT2D eigenvalue weighted by molar-refractivity contribution is 0.102. The Bertz CT molecular complexity index is 772. The van der Waals surface area contributed by atoms with E-state index in [1.165, 1.54) is 0 Å². The van der Waals surface area contributed by atoms with Crippen LogP contribution in [-0.4, -0.2) is 60.1 Å². The first-order valence-electron chi connectivity index (χ1n) is 9.00. The van der Waals surface area contributed by atoms with Crippen LogP contribution in [0.2, 0.25) is 0 Å². The van der Waals surface area contributed by atoms with Gasteiger partial charge in [0.2, 0.25) is 5.95 Å². The number of ether oxygens (including phenoxy) is 1. The van der Waals surface area contributed by atoms with Crippen molar-refractivity contribution in [2.24, 2.45) is 0 Å². The van der Waals surface area contributed by atoms with Crippen LogP contribution < -0.4 is 15.0 Å². The van der Waals surface area contributed by atoms with E-state index in [0.717, 1.165) is 45.0 Å². The molecule has 4 heterocycles. The molecule has 136 valence electrons. The van der Waals surface area contributed by atoms with Crippen molar-refractivity contribution in [3.8, 4) is 5.75 Å². The van der Waals surface area contributed by atoms with Crippen LogP contribution in [0.4, 0.5) is 11.6 Å². The van der Waals surface area contributed by atoms with E-state index < -0.39 is 0 Å². The molecular weight excluding hydrogens is 330 g/mol. The molecule has 3 aliphatic rings. The van der Waals surface area contributed by atoms with Crippen LogP contribution in [0.5, 0.6) is 5.75 Å². The minimum absolute atomic E-state index is 0.236. The molecule has 3 fully saturated rings. The molecule has 1 aromatic carbocycles. The molecule has 0 radical (unpaired) electrons. The van der Waals surface area contributed by atoms with Gasteiger partial charge in [0.25, 0.3) is 5.91 Å². The van der Waals surface area contributed by atoms with Crippen LogP contribution in [0.25, 0.3) is 0 Å². The van der Waals surface area contributed by atoms with E-state index in [1.54, 1.807) is 37.7 Å². The van der Waals surface area contributed by atoms with Gasteiger partial charge in [-0.15, -0.1) is 0 Å². The standard InChI is InChI=1S/C19H23N5O2/c1-26-17-5-3-2-4-16(17)18(25)22-14-12-20-19(21-13-14)24-11-10-23-8-6-15(24)7-9-23/h2-5,12-13,15H,6-11H2,1H3,(H,22,25). The summed E-state index contributed by atoms with van der Waals surface area (Å²) in [4.78, 5) is 26.3. The number of aromatic nitrogens is 2. The zero-order valence-electron chi connectivity index (χ0n) is 14.9. The van der Waals surface area contributed by atoms with Crippen molar-refractivity contribution >= 4 is 17.5 Å². The molecule has 0 atom stereocenters. The molecule has 3 saturated heterocycles. The smallest absolute Gasteiger partial charge is 0.259 e. The maximum atomic E-state index is 12.5. The van der Waals surface area contributed by atoms with Crippen molar-refractivity contribution < 1.29 is 9.53 Å². The van der Waals surface area contributed by atoms with Crippen molar-refractivity contribution in [1.82, 2.24) is 14.9 Å². The number of amides is 1. The number of anilines is 2. The summed E-state index contributed by atoms with van der Waals surface area (Å²) >= 11 is 0. The van der Waals surface area contributed by atoms with Gasteiger partial charge in [0.1, 0.15) is 5.75 Å². The van der Waals surface area contributed by atoms with Crippen molar-refractivity contribution in [3.63, 3.8) is 0 Å². The van der Waals surface area contributed by atoms with Gasteiger partial charge in [-0.05, 0) is 25.0 Å². The van der Waals surface area contributed by atoms with Gasteiger partial charge in [0.05, 0.1) is 30.8 Å². The van der Waals surface area contributed by atoms with Gasteiger partial charge in [-0.2, -0.15) is 0 Å². The number of nitrogens with zero attached hydrogens (tertiary/aromatic N) is 4. The summed E-state index contributed by atoms with van der Waals surface area (Å²) < 4.78 is 5.24. The van der Waals surface area contributed by atoms with Gasteiger partial charge >= 0.3 is 0 Å². The van der Waals surface area contributed by atoms with Crippen LogP contribution in [0.3, 0.4) is 0 Å². The van der Waals surface area contributed by atoms with Gasteiger partial charge in [0, 0.05) is 32.2 Å². The van der Waals surface area contributed by atoms with Crippen molar-refractivity contribution in [2.75, 3.05) is 43.5 Å². The average Bonchev–Trinajstić information content (AvgIpc) is 3.02. The molecule has 26 heavy (non-hydrogen) atoms. The second kappa shape index (κ2) is 7.29. The Kier molecular flexibility index (Phi) is 4.71. The van der Waals surface area contributed by atoms with Gasteiger partial charge in [-0.25, -0.2) is 9.97 Å².